The van der Waals surface area contributed by atoms with Crippen LogP contribution in [0, 0.1) is 11.7 Å². The average Bonchev–Trinajstić information content (AvgIpc) is 2.33. The van der Waals surface area contributed by atoms with Gasteiger partial charge in [0, 0.05) is 12.6 Å². The monoisotopic (exact) mass is 286 g/mol. The molecule has 106 valence electrons. The smallest absolute Gasteiger partial charge is 0.240 e. The molecule has 2 rings (SSSR count). The summed E-state index contributed by atoms with van der Waals surface area (Å²) in [6.45, 7) is 3.78. The van der Waals surface area contributed by atoms with Crippen molar-refractivity contribution in [3.63, 3.8) is 0 Å². The third-order valence-corrected chi connectivity index (χ3v) is 5.04. The van der Waals surface area contributed by atoms with E-state index in [1.165, 1.54) is 12.1 Å². The molecule has 1 heterocycles. The first-order chi connectivity index (χ1) is 8.88. The van der Waals surface area contributed by atoms with Gasteiger partial charge in [-0.05, 0) is 50.2 Å². The van der Waals surface area contributed by atoms with E-state index in [4.69, 9.17) is 0 Å². The fraction of sp³-hybridized carbons (Fsp3) is 0.538. The van der Waals surface area contributed by atoms with Crippen LogP contribution in [0.2, 0.25) is 0 Å². The third kappa shape index (κ3) is 3.52. The predicted octanol–water partition coefficient (Wildman–Crippen LogP) is 1.44. The van der Waals surface area contributed by atoms with E-state index in [0.29, 0.717) is 0 Å². The molecule has 0 aromatic heterocycles. The van der Waals surface area contributed by atoms with E-state index in [0.717, 1.165) is 31.6 Å². The Morgan fingerprint density at radius 1 is 1.32 bits per heavy atom. The van der Waals surface area contributed by atoms with Crippen LogP contribution in [-0.2, 0) is 10.0 Å². The lowest BCUT2D eigenvalue weighted by atomic mass is 9.95. The molecule has 1 aromatic carbocycles. The van der Waals surface area contributed by atoms with Crippen molar-refractivity contribution in [3.05, 3.63) is 30.1 Å². The lowest BCUT2D eigenvalue weighted by Gasteiger charge is -2.34. The second kappa shape index (κ2) is 5.56. The van der Waals surface area contributed by atoms with E-state index in [2.05, 4.69) is 9.62 Å². The molecule has 6 heteroatoms. The number of hydrogen-bond acceptors (Lipinski definition) is 3. The molecule has 0 aliphatic carbocycles. The van der Waals surface area contributed by atoms with Crippen molar-refractivity contribution in [1.82, 2.24) is 9.62 Å². The van der Waals surface area contributed by atoms with Crippen LogP contribution < -0.4 is 4.72 Å². The van der Waals surface area contributed by atoms with Crippen LogP contribution >= 0.6 is 0 Å². The molecule has 0 radical (unpaired) electrons. The fourth-order valence-electron chi connectivity index (χ4n) is 2.41. The highest BCUT2D eigenvalue weighted by molar-refractivity contribution is 7.89. The maximum atomic E-state index is 12.8. The molecule has 0 bridgehead atoms. The normalized spacial score (nSPS) is 25.4. The summed E-state index contributed by atoms with van der Waals surface area (Å²) in [5, 5.41) is 0. The molecule has 1 N–H and O–H groups in total. The van der Waals surface area contributed by atoms with Crippen molar-refractivity contribution in [2.24, 2.45) is 5.92 Å². The van der Waals surface area contributed by atoms with Gasteiger partial charge in [-0.3, -0.25) is 0 Å². The summed E-state index contributed by atoms with van der Waals surface area (Å²) in [4.78, 5) is 2.30. The van der Waals surface area contributed by atoms with Crippen molar-refractivity contribution in [2.45, 2.75) is 24.3 Å². The van der Waals surface area contributed by atoms with E-state index >= 15 is 0 Å². The van der Waals surface area contributed by atoms with E-state index in [9.17, 15) is 12.8 Å². The largest absolute Gasteiger partial charge is 0.306 e. The van der Waals surface area contributed by atoms with E-state index in [-0.39, 0.29) is 16.9 Å². The van der Waals surface area contributed by atoms with Crippen LogP contribution in [0.5, 0.6) is 0 Å². The van der Waals surface area contributed by atoms with Gasteiger partial charge in [-0.2, -0.15) is 0 Å². The summed E-state index contributed by atoms with van der Waals surface area (Å²) in [5.74, 6) is -0.180. The van der Waals surface area contributed by atoms with Crippen molar-refractivity contribution in [2.75, 3.05) is 20.1 Å². The van der Waals surface area contributed by atoms with Gasteiger partial charge in [0.2, 0.25) is 10.0 Å². The number of halogens is 1. The molecule has 4 nitrogen and oxygen atoms in total. The predicted molar refractivity (Wildman–Crippen MR) is 71.8 cm³/mol. The Balaban J connectivity index is 2.11. The molecule has 19 heavy (non-hydrogen) atoms. The lowest BCUT2D eigenvalue weighted by Crippen LogP contribution is -2.48. The summed E-state index contributed by atoms with van der Waals surface area (Å²) in [6, 6.07) is 4.83. The first-order valence-corrected chi connectivity index (χ1v) is 7.83. The van der Waals surface area contributed by atoms with Crippen LogP contribution in [0.4, 0.5) is 4.39 Å². The molecule has 1 saturated heterocycles. The molecule has 2 atom stereocenters. The van der Waals surface area contributed by atoms with Crippen LogP contribution in [0.1, 0.15) is 13.3 Å². The minimum absolute atomic E-state index is 0.0637. The zero-order valence-corrected chi connectivity index (χ0v) is 12.0. The first kappa shape index (κ1) is 14.4. The minimum atomic E-state index is -3.56. The van der Waals surface area contributed by atoms with Gasteiger partial charge in [0.15, 0.2) is 0 Å². The number of likely N-dealkylation sites (tertiary alicyclic amines) is 1. The van der Waals surface area contributed by atoms with Gasteiger partial charge >= 0.3 is 0 Å². The summed E-state index contributed by atoms with van der Waals surface area (Å²) in [5.41, 5.74) is 0. The molecule has 1 aliphatic rings. The Morgan fingerprint density at radius 3 is 2.53 bits per heavy atom. The Kier molecular flexibility index (Phi) is 4.23. The molecule has 0 spiro atoms. The van der Waals surface area contributed by atoms with Crippen molar-refractivity contribution >= 4 is 10.0 Å². The third-order valence-electron chi connectivity index (χ3n) is 3.54. The number of nitrogens with zero attached hydrogens (tertiary/aromatic N) is 1. The molecular weight excluding hydrogens is 267 g/mol. The fourth-order valence-corrected chi connectivity index (χ4v) is 3.79. The number of benzene rings is 1. The summed E-state index contributed by atoms with van der Waals surface area (Å²) >= 11 is 0. The molecule has 1 aromatic rings. The number of sulfonamides is 1. The van der Waals surface area contributed by atoms with E-state index in [1.54, 1.807) is 0 Å². The average molecular weight is 286 g/mol. The highest BCUT2D eigenvalue weighted by Gasteiger charge is 2.28. The highest BCUT2D eigenvalue weighted by Crippen LogP contribution is 2.18. The van der Waals surface area contributed by atoms with E-state index in [1.807, 2.05) is 14.0 Å². The number of rotatable bonds is 3. The topological polar surface area (TPSA) is 49.4 Å². The van der Waals surface area contributed by atoms with Crippen molar-refractivity contribution in [3.8, 4) is 0 Å². The van der Waals surface area contributed by atoms with Gasteiger partial charge in [-0.15, -0.1) is 0 Å². The van der Waals surface area contributed by atoms with Gasteiger partial charge in [0.1, 0.15) is 5.82 Å². The SMILES string of the molecule is CC1CN(C)CCC1NS(=O)(=O)c1ccc(F)cc1. The van der Waals surface area contributed by atoms with Crippen molar-refractivity contribution < 1.29 is 12.8 Å². The zero-order chi connectivity index (χ0) is 14.0. The second-order valence-corrected chi connectivity index (χ2v) is 6.92. The highest BCUT2D eigenvalue weighted by atomic mass is 32.2. The lowest BCUT2D eigenvalue weighted by molar-refractivity contribution is 0.188. The second-order valence-electron chi connectivity index (χ2n) is 5.21. The molecule has 2 unspecified atom stereocenters. The maximum Gasteiger partial charge on any atom is 0.240 e. The summed E-state index contributed by atoms with van der Waals surface area (Å²) in [7, 11) is -1.53. The molecule has 0 amide bonds. The molecular formula is C13H19FN2O2S. The Morgan fingerprint density at radius 2 is 1.95 bits per heavy atom. The maximum absolute atomic E-state index is 12.8. The zero-order valence-electron chi connectivity index (χ0n) is 11.1. The minimum Gasteiger partial charge on any atom is -0.306 e. The molecule has 1 aliphatic heterocycles. The van der Waals surface area contributed by atoms with Crippen LogP contribution in [-0.4, -0.2) is 39.5 Å². The number of hydrogen-bond donors (Lipinski definition) is 1. The van der Waals surface area contributed by atoms with Crippen LogP contribution in [0.3, 0.4) is 0 Å². The first-order valence-electron chi connectivity index (χ1n) is 6.35. The van der Waals surface area contributed by atoms with Crippen LogP contribution in [0.15, 0.2) is 29.2 Å². The van der Waals surface area contributed by atoms with Gasteiger partial charge in [-0.25, -0.2) is 17.5 Å². The Bertz CT molecular complexity index is 530. The van der Waals surface area contributed by atoms with Gasteiger partial charge < -0.3 is 4.90 Å². The molecule has 0 saturated carbocycles. The van der Waals surface area contributed by atoms with Gasteiger partial charge in [0.05, 0.1) is 4.90 Å². The molecule has 1 fully saturated rings. The van der Waals surface area contributed by atoms with E-state index < -0.39 is 15.8 Å². The van der Waals surface area contributed by atoms with Gasteiger partial charge in [-0.1, -0.05) is 6.92 Å². The number of piperidine rings is 1. The van der Waals surface area contributed by atoms with Crippen molar-refractivity contribution in [1.29, 1.82) is 0 Å². The quantitative estimate of drug-likeness (QED) is 0.915. The standard InChI is InChI=1S/C13H19FN2O2S/c1-10-9-16(2)8-7-13(10)15-19(17,18)12-5-3-11(14)4-6-12/h3-6,10,13,15H,7-9H2,1-2H3. The number of nitrogens with one attached hydrogen (secondary N) is 1. The Hall–Kier alpha value is -0.980. The van der Waals surface area contributed by atoms with Crippen LogP contribution in [0.25, 0.3) is 0 Å². The summed E-state index contributed by atoms with van der Waals surface area (Å²) in [6.07, 6.45) is 0.790. The summed E-state index contributed by atoms with van der Waals surface area (Å²) < 4.78 is 39.9. The Labute approximate surface area is 113 Å². The van der Waals surface area contributed by atoms with Gasteiger partial charge in [0.25, 0.3) is 0 Å².